The molecule has 0 radical (unpaired) electrons. The Labute approximate surface area is 162 Å². The zero-order chi connectivity index (χ0) is 20.7. The first-order chi connectivity index (χ1) is 13.3. The van der Waals surface area contributed by atoms with E-state index in [1.807, 2.05) is 0 Å². The molecular formula is C19H23N4O5+. The molecule has 9 nitrogen and oxygen atoms in total. The van der Waals surface area contributed by atoms with Crippen molar-refractivity contribution in [3.8, 4) is 5.75 Å². The number of para-hydroxylation sites is 2. The maximum absolute atomic E-state index is 12.4. The van der Waals surface area contributed by atoms with E-state index in [9.17, 15) is 19.7 Å². The molecule has 9 heteroatoms. The molecule has 2 rings (SSSR count). The van der Waals surface area contributed by atoms with Crippen LogP contribution in [0.2, 0.25) is 0 Å². The van der Waals surface area contributed by atoms with E-state index in [1.54, 1.807) is 51.4 Å². The summed E-state index contributed by atoms with van der Waals surface area (Å²) in [4.78, 5) is 35.8. The molecule has 2 atom stereocenters. The Morgan fingerprint density at radius 2 is 1.79 bits per heavy atom. The Hall–Kier alpha value is -3.46. The van der Waals surface area contributed by atoms with Crippen LogP contribution in [0.3, 0.4) is 0 Å². The van der Waals surface area contributed by atoms with Gasteiger partial charge < -0.3 is 20.3 Å². The summed E-state index contributed by atoms with van der Waals surface area (Å²) in [5.74, 6) is 0.0121. The van der Waals surface area contributed by atoms with Crippen molar-refractivity contribution in [1.82, 2.24) is 0 Å². The van der Waals surface area contributed by atoms with Gasteiger partial charge in [-0.2, -0.15) is 0 Å². The number of hydrogen-bond donors (Lipinski definition) is 3. The Morgan fingerprint density at radius 3 is 2.39 bits per heavy atom. The number of quaternary nitrogens is 1. The maximum atomic E-state index is 12.4. The average molecular weight is 387 g/mol. The van der Waals surface area contributed by atoms with Crippen molar-refractivity contribution >= 4 is 28.9 Å². The van der Waals surface area contributed by atoms with Crippen LogP contribution in [0.1, 0.15) is 6.92 Å². The van der Waals surface area contributed by atoms with Crippen LogP contribution < -0.4 is 20.3 Å². The van der Waals surface area contributed by atoms with Crippen LogP contribution in [-0.2, 0) is 9.59 Å². The zero-order valence-electron chi connectivity index (χ0n) is 15.9. The molecule has 0 fully saturated rings. The number of nitro benzene ring substituents is 1. The van der Waals surface area contributed by atoms with Crippen LogP contribution in [0.25, 0.3) is 0 Å². The molecule has 0 saturated heterocycles. The zero-order valence-corrected chi connectivity index (χ0v) is 15.9. The highest BCUT2D eigenvalue weighted by Crippen LogP contribution is 2.23. The van der Waals surface area contributed by atoms with E-state index in [1.165, 1.54) is 18.2 Å². The summed E-state index contributed by atoms with van der Waals surface area (Å²) in [6.45, 7) is 1.71. The lowest BCUT2D eigenvalue weighted by molar-refractivity contribution is -0.885. The predicted octanol–water partition coefficient (Wildman–Crippen LogP) is 1.08. The van der Waals surface area contributed by atoms with Crippen LogP contribution >= 0.6 is 0 Å². The van der Waals surface area contributed by atoms with Gasteiger partial charge in [-0.3, -0.25) is 19.7 Å². The third-order valence-corrected chi connectivity index (χ3v) is 4.30. The molecule has 0 saturated carbocycles. The highest BCUT2D eigenvalue weighted by atomic mass is 16.6. The molecule has 0 aliphatic rings. The Morgan fingerprint density at radius 1 is 1.14 bits per heavy atom. The van der Waals surface area contributed by atoms with Crippen LogP contribution in [0.5, 0.6) is 5.75 Å². The normalized spacial score (nSPS) is 12.5. The van der Waals surface area contributed by atoms with Gasteiger partial charge in [0.2, 0.25) is 0 Å². The van der Waals surface area contributed by atoms with Gasteiger partial charge in [-0.25, -0.2) is 0 Å². The van der Waals surface area contributed by atoms with Crippen LogP contribution in [0.15, 0.2) is 48.5 Å². The average Bonchev–Trinajstić information content (AvgIpc) is 2.68. The fraction of sp³-hybridized carbons (Fsp3) is 0.263. The fourth-order valence-electron chi connectivity index (χ4n) is 2.49. The van der Waals surface area contributed by atoms with Crippen molar-refractivity contribution in [2.24, 2.45) is 0 Å². The van der Waals surface area contributed by atoms with E-state index in [4.69, 9.17) is 4.74 Å². The third kappa shape index (κ3) is 5.52. The molecule has 2 aromatic rings. The van der Waals surface area contributed by atoms with Gasteiger partial charge in [0.15, 0.2) is 12.6 Å². The summed E-state index contributed by atoms with van der Waals surface area (Å²) < 4.78 is 5.07. The van der Waals surface area contributed by atoms with Gasteiger partial charge in [0.25, 0.3) is 17.5 Å². The summed E-state index contributed by atoms with van der Waals surface area (Å²) in [6.07, 6.45) is 0. The van der Waals surface area contributed by atoms with Crippen molar-refractivity contribution in [2.75, 3.05) is 31.3 Å². The monoisotopic (exact) mass is 387 g/mol. The van der Waals surface area contributed by atoms with Crippen molar-refractivity contribution in [1.29, 1.82) is 0 Å². The molecule has 0 aromatic heterocycles. The number of ether oxygens (including phenoxy) is 1. The van der Waals surface area contributed by atoms with Crippen LogP contribution in [0.4, 0.5) is 17.1 Å². The fourth-order valence-corrected chi connectivity index (χ4v) is 2.49. The number of amides is 2. The number of rotatable bonds is 8. The first kappa shape index (κ1) is 20.8. The number of methoxy groups -OCH3 is 1. The van der Waals surface area contributed by atoms with E-state index in [0.717, 1.165) is 0 Å². The van der Waals surface area contributed by atoms with Crippen molar-refractivity contribution < 1.29 is 24.1 Å². The summed E-state index contributed by atoms with van der Waals surface area (Å²) in [5, 5.41) is 16.4. The molecule has 3 N–H and O–H groups in total. The van der Waals surface area contributed by atoms with Crippen molar-refractivity contribution in [2.45, 2.75) is 13.0 Å². The quantitative estimate of drug-likeness (QED) is 0.463. The van der Waals surface area contributed by atoms with Gasteiger partial charge in [-0.15, -0.1) is 0 Å². The lowest BCUT2D eigenvalue weighted by atomic mass is 10.2. The molecule has 0 spiro atoms. The molecular weight excluding hydrogens is 364 g/mol. The molecule has 2 aromatic carbocycles. The number of anilines is 2. The second-order valence-electron chi connectivity index (χ2n) is 6.29. The van der Waals surface area contributed by atoms with E-state index in [0.29, 0.717) is 16.3 Å². The largest absolute Gasteiger partial charge is 0.497 e. The molecule has 148 valence electrons. The van der Waals surface area contributed by atoms with E-state index < -0.39 is 16.9 Å². The van der Waals surface area contributed by atoms with Gasteiger partial charge in [0.05, 0.1) is 19.1 Å². The number of nitrogens with zero attached hydrogens (tertiary/aromatic N) is 1. The van der Waals surface area contributed by atoms with Gasteiger partial charge >= 0.3 is 0 Å². The number of nitrogens with one attached hydrogen (secondary N) is 3. The summed E-state index contributed by atoms with van der Waals surface area (Å²) in [6, 6.07) is 12.2. The topological polar surface area (TPSA) is 115 Å². The molecule has 0 aliphatic carbocycles. The first-order valence-corrected chi connectivity index (χ1v) is 8.62. The maximum Gasteiger partial charge on any atom is 0.292 e. The number of hydrogen-bond acceptors (Lipinski definition) is 5. The Bertz CT molecular complexity index is 854. The number of carbonyl (C=O) groups excluding carboxylic acids is 2. The van der Waals surface area contributed by atoms with Gasteiger partial charge in [0.1, 0.15) is 11.4 Å². The highest BCUT2D eigenvalue weighted by Gasteiger charge is 2.26. The first-order valence-electron chi connectivity index (χ1n) is 8.62. The smallest absolute Gasteiger partial charge is 0.292 e. The molecule has 2 amide bonds. The SMILES string of the molecule is COc1ccc(NC(=O)C[NH+](C)[C@@H](C)C(=O)Nc2ccccc2[N+](=O)[O-])cc1. The minimum Gasteiger partial charge on any atom is -0.497 e. The minimum absolute atomic E-state index is 0.0531. The summed E-state index contributed by atoms with van der Waals surface area (Å²) >= 11 is 0. The second-order valence-corrected chi connectivity index (χ2v) is 6.29. The number of likely N-dealkylation sites (N-methyl/N-ethyl adjacent to an activating group) is 1. The van der Waals surface area contributed by atoms with Gasteiger partial charge in [-0.05, 0) is 37.3 Å². The summed E-state index contributed by atoms with van der Waals surface area (Å²) in [5.41, 5.74) is 0.563. The van der Waals surface area contributed by atoms with Crippen LogP contribution in [-0.4, -0.2) is 43.5 Å². The second kappa shape index (κ2) is 9.47. The number of nitro groups is 1. The molecule has 0 heterocycles. The minimum atomic E-state index is -0.596. The van der Waals surface area contributed by atoms with Gasteiger partial charge in [-0.1, -0.05) is 12.1 Å². The van der Waals surface area contributed by atoms with Gasteiger partial charge in [0, 0.05) is 11.8 Å². The molecule has 1 unspecified atom stereocenters. The van der Waals surface area contributed by atoms with Crippen LogP contribution in [0, 0.1) is 10.1 Å². The summed E-state index contributed by atoms with van der Waals surface area (Å²) in [7, 11) is 3.26. The Balaban J connectivity index is 1.93. The molecule has 0 bridgehead atoms. The van der Waals surface area contributed by atoms with Crippen molar-refractivity contribution in [3.63, 3.8) is 0 Å². The lowest BCUT2D eigenvalue weighted by Gasteiger charge is -2.20. The van der Waals surface area contributed by atoms with Crippen molar-refractivity contribution in [3.05, 3.63) is 58.6 Å². The molecule has 28 heavy (non-hydrogen) atoms. The Kier molecular flexibility index (Phi) is 7.05. The molecule has 0 aliphatic heterocycles. The van der Waals surface area contributed by atoms with E-state index in [-0.39, 0.29) is 23.8 Å². The van der Waals surface area contributed by atoms with E-state index >= 15 is 0 Å². The third-order valence-electron chi connectivity index (χ3n) is 4.30. The number of benzene rings is 2. The predicted molar refractivity (Wildman–Crippen MR) is 105 cm³/mol. The van der Waals surface area contributed by atoms with E-state index in [2.05, 4.69) is 10.6 Å². The number of carbonyl (C=O) groups is 2. The standard InChI is InChI=1S/C19H22N4O5/c1-13(19(25)21-16-6-4-5-7-17(16)23(26)27)22(2)12-18(24)20-14-8-10-15(28-3)11-9-14/h4-11,13H,12H2,1-3H3,(H,20,24)(H,21,25)/p+1/t13-/m0/s1. The highest BCUT2D eigenvalue weighted by molar-refractivity contribution is 5.96. The lowest BCUT2D eigenvalue weighted by Crippen LogP contribution is -3.14.